The average molecular weight is 231 g/mol. The Morgan fingerprint density at radius 3 is 2.65 bits per heavy atom. The van der Waals surface area contributed by atoms with Gasteiger partial charge in [0, 0.05) is 12.2 Å². The number of aromatic nitrogens is 2. The summed E-state index contributed by atoms with van der Waals surface area (Å²) in [6.45, 7) is 2.05. The van der Waals surface area contributed by atoms with Gasteiger partial charge in [0.2, 0.25) is 0 Å². The van der Waals surface area contributed by atoms with Crippen molar-refractivity contribution >= 4 is 5.82 Å². The molecule has 4 heteroatoms. The van der Waals surface area contributed by atoms with Crippen LogP contribution in [-0.2, 0) is 6.42 Å². The van der Waals surface area contributed by atoms with Crippen molar-refractivity contribution in [3.8, 4) is 0 Å². The summed E-state index contributed by atoms with van der Waals surface area (Å²) in [6.07, 6.45) is 2.45. The van der Waals surface area contributed by atoms with Crippen LogP contribution in [0, 0.1) is 5.82 Å². The van der Waals surface area contributed by atoms with Crippen LogP contribution in [0.3, 0.4) is 0 Å². The van der Waals surface area contributed by atoms with E-state index in [-0.39, 0.29) is 11.9 Å². The largest absolute Gasteiger partial charge is 0.366 e. The zero-order chi connectivity index (χ0) is 12.1. The first-order valence-electron chi connectivity index (χ1n) is 5.53. The Labute approximate surface area is 99.7 Å². The second kappa shape index (κ2) is 5.39. The molecule has 0 saturated heterocycles. The van der Waals surface area contributed by atoms with Crippen molar-refractivity contribution in [3.63, 3.8) is 0 Å². The molecule has 1 unspecified atom stereocenters. The fourth-order valence-corrected chi connectivity index (χ4v) is 1.66. The molecule has 0 amide bonds. The van der Waals surface area contributed by atoms with E-state index in [4.69, 9.17) is 0 Å². The molecule has 0 fully saturated rings. The predicted molar refractivity (Wildman–Crippen MR) is 65.2 cm³/mol. The molecule has 0 radical (unpaired) electrons. The minimum atomic E-state index is -0.205. The Morgan fingerprint density at radius 1 is 1.24 bits per heavy atom. The molecule has 0 aliphatic rings. The molecule has 0 aliphatic heterocycles. The second-order valence-electron chi connectivity index (χ2n) is 3.98. The standard InChI is InChI=1S/C13H14FN3/c1-10(16-13-3-2-8-15-17-13)9-11-4-6-12(14)7-5-11/h2-8,10H,9H2,1H3,(H,16,17). The highest BCUT2D eigenvalue weighted by Crippen LogP contribution is 2.09. The number of benzene rings is 1. The lowest BCUT2D eigenvalue weighted by molar-refractivity contribution is 0.626. The number of anilines is 1. The molecule has 0 spiro atoms. The molecule has 1 aromatic heterocycles. The molecule has 1 aromatic carbocycles. The monoisotopic (exact) mass is 231 g/mol. The minimum Gasteiger partial charge on any atom is -0.366 e. The third-order valence-electron chi connectivity index (χ3n) is 2.42. The van der Waals surface area contributed by atoms with Crippen LogP contribution >= 0.6 is 0 Å². The predicted octanol–water partition coefficient (Wildman–Crippen LogP) is 2.66. The van der Waals surface area contributed by atoms with Crippen molar-refractivity contribution in [2.24, 2.45) is 0 Å². The molecule has 1 heterocycles. The highest BCUT2D eigenvalue weighted by Gasteiger charge is 2.04. The van der Waals surface area contributed by atoms with Crippen LogP contribution in [0.2, 0.25) is 0 Å². The van der Waals surface area contributed by atoms with Gasteiger partial charge in [0.05, 0.1) is 0 Å². The van der Waals surface area contributed by atoms with Crippen molar-refractivity contribution < 1.29 is 4.39 Å². The van der Waals surface area contributed by atoms with Gasteiger partial charge in [-0.2, -0.15) is 5.10 Å². The van der Waals surface area contributed by atoms with Crippen LogP contribution in [0.15, 0.2) is 42.6 Å². The summed E-state index contributed by atoms with van der Waals surface area (Å²) in [5.74, 6) is 0.547. The molecule has 0 bridgehead atoms. The Kier molecular flexibility index (Phi) is 3.65. The molecule has 1 N–H and O–H groups in total. The van der Waals surface area contributed by atoms with Gasteiger partial charge in [-0.3, -0.25) is 0 Å². The summed E-state index contributed by atoms with van der Waals surface area (Å²) in [5, 5.41) is 11.0. The molecule has 2 aromatic rings. The van der Waals surface area contributed by atoms with Gasteiger partial charge in [0.15, 0.2) is 0 Å². The third kappa shape index (κ3) is 3.52. The zero-order valence-corrected chi connectivity index (χ0v) is 9.60. The van der Waals surface area contributed by atoms with Crippen LogP contribution in [-0.4, -0.2) is 16.2 Å². The van der Waals surface area contributed by atoms with E-state index in [2.05, 4.69) is 22.4 Å². The Hall–Kier alpha value is -1.97. The molecule has 3 nitrogen and oxygen atoms in total. The normalized spacial score (nSPS) is 12.1. The van der Waals surface area contributed by atoms with Crippen molar-refractivity contribution in [2.75, 3.05) is 5.32 Å². The molecule has 0 saturated carbocycles. The summed E-state index contributed by atoms with van der Waals surface area (Å²) in [5.41, 5.74) is 1.09. The summed E-state index contributed by atoms with van der Waals surface area (Å²) in [4.78, 5) is 0. The molecule has 17 heavy (non-hydrogen) atoms. The summed E-state index contributed by atoms with van der Waals surface area (Å²) in [6, 6.07) is 10.5. The maximum atomic E-state index is 12.7. The number of nitrogens with one attached hydrogen (secondary N) is 1. The highest BCUT2D eigenvalue weighted by atomic mass is 19.1. The summed E-state index contributed by atoms with van der Waals surface area (Å²) in [7, 11) is 0. The van der Waals surface area contributed by atoms with E-state index >= 15 is 0 Å². The molecular weight excluding hydrogens is 217 g/mol. The first kappa shape index (κ1) is 11.5. The van der Waals surface area contributed by atoms with Crippen LogP contribution in [0.1, 0.15) is 12.5 Å². The van der Waals surface area contributed by atoms with Gasteiger partial charge in [-0.1, -0.05) is 12.1 Å². The first-order chi connectivity index (χ1) is 8.24. The molecule has 1 atom stereocenters. The number of rotatable bonds is 4. The highest BCUT2D eigenvalue weighted by molar-refractivity contribution is 5.33. The van der Waals surface area contributed by atoms with Crippen LogP contribution in [0.25, 0.3) is 0 Å². The topological polar surface area (TPSA) is 37.8 Å². The SMILES string of the molecule is CC(Cc1ccc(F)cc1)Nc1cccnn1. The number of nitrogens with zero attached hydrogens (tertiary/aromatic N) is 2. The van der Waals surface area contributed by atoms with Crippen molar-refractivity contribution in [1.82, 2.24) is 10.2 Å². The van der Waals surface area contributed by atoms with Crippen LogP contribution in [0.5, 0.6) is 0 Å². The van der Waals surface area contributed by atoms with Crippen LogP contribution in [0.4, 0.5) is 10.2 Å². The first-order valence-corrected chi connectivity index (χ1v) is 5.53. The fourth-order valence-electron chi connectivity index (χ4n) is 1.66. The molecule has 0 aliphatic carbocycles. The van der Waals surface area contributed by atoms with Crippen molar-refractivity contribution in [3.05, 3.63) is 54.0 Å². The third-order valence-corrected chi connectivity index (χ3v) is 2.42. The Morgan fingerprint density at radius 2 is 2.00 bits per heavy atom. The maximum Gasteiger partial charge on any atom is 0.148 e. The Balaban J connectivity index is 1.93. The molecular formula is C13H14FN3. The van der Waals surface area contributed by atoms with E-state index in [1.807, 2.05) is 12.1 Å². The summed E-state index contributed by atoms with van der Waals surface area (Å²) >= 11 is 0. The number of halogens is 1. The fraction of sp³-hybridized carbons (Fsp3) is 0.231. The van der Waals surface area contributed by atoms with Gasteiger partial charge >= 0.3 is 0 Å². The lowest BCUT2D eigenvalue weighted by Gasteiger charge is -2.13. The van der Waals surface area contributed by atoms with E-state index in [1.165, 1.54) is 12.1 Å². The second-order valence-corrected chi connectivity index (χ2v) is 3.98. The van der Waals surface area contributed by atoms with Crippen LogP contribution < -0.4 is 5.32 Å². The van der Waals surface area contributed by atoms with Gasteiger partial charge in [-0.15, -0.1) is 5.10 Å². The maximum absolute atomic E-state index is 12.7. The number of hydrogen-bond acceptors (Lipinski definition) is 3. The zero-order valence-electron chi connectivity index (χ0n) is 9.60. The van der Waals surface area contributed by atoms with Crippen molar-refractivity contribution in [2.45, 2.75) is 19.4 Å². The van der Waals surface area contributed by atoms with E-state index < -0.39 is 0 Å². The van der Waals surface area contributed by atoms with Gasteiger partial charge < -0.3 is 5.32 Å². The van der Waals surface area contributed by atoms with Crippen molar-refractivity contribution in [1.29, 1.82) is 0 Å². The lowest BCUT2D eigenvalue weighted by atomic mass is 10.1. The lowest BCUT2D eigenvalue weighted by Crippen LogP contribution is -2.18. The summed E-state index contributed by atoms with van der Waals surface area (Å²) < 4.78 is 12.7. The van der Waals surface area contributed by atoms with Gasteiger partial charge in [-0.25, -0.2) is 4.39 Å². The van der Waals surface area contributed by atoms with E-state index in [0.29, 0.717) is 0 Å². The van der Waals surface area contributed by atoms with E-state index in [0.717, 1.165) is 17.8 Å². The molecule has 2 rings (SSSR count). The van der Waals surface area contributed by atoms with E-state index in [9.17, 15) is 4.39 Å². The van der Waals surface area contributed by atoms with Gasteiger partial charge in [0.1, 0.15) is 11.6 Å². The molecule has 88 valence electrons. The average Bonchev–Trinajstić information content (AvgIpc) is 2.33. The van der Waals surface area contributed by atoms with Gasteiger partial charge in [-0.05, 0) is 43.2 Å². The minimum absolute atomic E-state index is 0.205. The quantitative estimate of drug-likeness (QED) is 0.879. The van der Waals surface area contributed by atoms with Gasteiger partial charge in [0.25, 0.3) is 0 Å². The van der Waals surface area contributed by atoms with E-state index in [1.54, 1.807) is 18.3 Å². The smallest absolute Gasteiger partial charge is 0.148 e. The number of hydrogen-bond donors (Lipinski definition) is 1. The Bertz CT molecular complexity index is 456.